The van der Waals surface area contributed by atoms with Crippen LogP contribution in [0.15, 0.2) is 76.5 Å². The Kier molecular flexibility index (Phi) is 7.00. The van der Waals surface area contributed by atoms with Crippen LogP contribution in [0.5, 0.6) is 0 Å². The van der Waals surface area contributed by atoms with Crippen LogP contribution in [0.4, 0.5) is 0 Å². The number of thiol groups is 1. The lowest BCUT2D eigenvalue weighted by molar-refractivity contribution is -0.141. The van der Waals surface area contributed by atoms with Crippen LogP contribution in [0.3, 0.4) is 0 Å². The Morgan fingerprint density at radius 3 is 2.17 bits per heavy atom. The average molecular weight is 534 g/mol. The van der Waals surface area contributed by atoms with Crippen LogP contribution in [0.1, 0.15) is 12.0 Å². The Hall–Kier alpha value is -2.44. The summed E-state index contributed by atoms with van der Waals surface area (Å²) < 4.78 is 55.3. The number of amides is 1. The molecule has 4 rings (SSSR count). The lowest BCUT2D eigenvalue weighted by atomic mass is 10.1. The number of nitrogens with zero attached hydrogens (tertiary/aromatic N) is 3. The number of benzene rings is 3. The van der Waals surface area contributed by atoms with E-state index in [4.69, 9.17) is 0 Å². The molecule has 0 aliphatic carbocycles. The van der Waals surface area contributed by atoms with Crippen molar-refractivity contribution in [2.75, 3.05) is 20.6 Å². The van der Waals surface area contributed by atoms with Crippen LogP contribution >= 0.6 is 12.6 Å². The van der Waals surface area contributed by atoms with Crippen LogP contribution in [-0.4, -0.2) is 68.4 Å². The van der Waals surface area contributed by atoms with E-state index in [9.17, 15) is 21.6 Å². The van der Waals surface area contributed by atoms with Crippen molar-refractivity contribution in [3.63, 3.8) is 0 Å². The molecule has 2 atom stereocenters. The molecule has 3 aromatic rings. The highest BCUT2D eigenvalue weighted by Gasteiger charge is 2.45. The second-order valence-corrected chi connectivity index (χ2v) is 13.2. The van der Waals surface area contributed by atoms with Gasteiger partial charge in [0.25, 0.3) is 15.9 Å². The highest BCUT2D eigenvalue weighted by atomic mass is 32.2. The Bertz CT molecular complexity index is 1470. The maximum atomic E-state index is 13.6. The molecular weight excluding hydrogens is 506 g/mol. The van der Waals surface area contributed by atoms with Crippen LogP contribution in [-0.2, 0) is 24.8 Å². The van der Waals surface area contributed by atoms with Gasteiger partial charge in [0.2, 0.25) is 10.0 Å². The number of hydrogen-bond acceptors (Lipinski definition) is 6. The van der Waals surface area contributed by atoms with Gasteiger partial charge < -0.3 is 0 Å². The topological polar surface area (TPSA) is 95.1 Å². The van der Waals surface area contributed by atoms with E-state index < -0.39 is 32.0 Å². The average Bonchev–Trinajstić information content (AvgIpc) is 3.25. The van der Waals surface area contributed by atoms with Gasteiger partial charge in [-0.3, -0.25) is 9.80 Å². The summed E-state index contributed by atoms with van der Waals surface area (Å²) in [6.45, 7) is 1.88. The number of fused-ring (bicyclic) bond motifs is 1. The van der Waals surface area contributed by atoms with Crippen molar-refractivity contribution in [2.24, 2.45) is 0 Å². The Labute approximate surface area is 211 Å². The second kappa shape index (κ2) is 9.55. The van der Waals surface area contributed by atoms with Crippen molar-refractivity contribution in [2.45, 2.75) is 34.4 Å². The van der Waals surface area contributed by atoms with E-state index in [0.717, 1.165) is 30.1 Å². The molecule has 1 fully saturated rings. The third kappa shape index (κ3) is 4.83. The van der Waals surface area contributed by atoms with Crippen molar-refractivity contribution in [1.29, 1.82) is 0 Å². The number of aryl methyl sites for hydroxylation is 1. The molecule has 0 unspecified atom stereocenters. The summed E-state index contributed by atoms with van der Waals surface area (Å²) in [5.74, 6) is -0.649. The Balaban J connectivity index is 1.63. The van der Waals surface area contributed by atoms with Gasteiger partial charge in [0.1, 0.15) is 6.04 Å². The van der Waals surface area contributed by atoms with Crippen LogP contribution in [0.2, 0.25) is 0 Å². The van der Waals surface area contributed by atoms with Gasteiger partial charge in [-0.2, -0.15) is 16.9 Å². The van der Waals surface area contributed by atoms with Gasteiger partial charge in [0.15, 0.2) is 0 Å². The van der Waals surface area contributed by atoms with E-state index in [0.29, 0.717) is 0 Å². The summed E-state index contributed by atoms with van der Waals surface area (Å²) >= 11 is 4.44. The quantitative estimate of drug-likeness (QED) is 0.388. The van der Waals surface area contributed by atoms with Crippen molar-refractivity contribution in [3.05, 3.63) is 72.3 Å². The molecule has 0 radical (unpaired) electrons. The molecular formula is C24H27N3O5S3. The fourth-order valence-electron chi connectivity index (χ4n) is 4.12. The molecule has 0 saturated carbocycles. The highest BCUT2D eigenvalue weighted by Crippen LogP contribution is 2.31. The first kappa shape index (κ1) is 25.6. The second-order valence-electron chi connectivity index (χ2n) is 8.60. The van der Waals surface area contributed by atoms with Gasteiger partial charge >= 0.3 is 0 Å². The normalized spacial score (nSPS) is 19.3. The van der Waals surface area contributed by atoms with Crippen molar-refractivity contribution < 1.29 is 21.6 Å². The Morgan fingerprint density at radius 1 is 0.914 bits per heavy atom. The highest BCUT2D eigenvalue weighted by molar-refractivity contribution is 7.89. The molecule has 0 N–H and O–H groups in total. The van der Waals surface area contributed by atoms with Crippen LogP contribution in [0.25, 0.3) is 10.8 Å². The number of likely N-dealkylation sites (N-methyl/N-ethyl adjacent to an activating group) is 1. The molecule has 8 nitrogen and oxygen atoms in total. The van der Waals surface area contributed by atoms with Crippen LogP contribution < -0.4 is 0 Å². The number of carbonyl (C=O) groups is 1. The Morgan fingerprint density at radius 2 is 1.51 bits per heavy atom. The molecule has 0 aromatic heterocycles. The summed E-state index contributed by atoms with van der Waals surface area (Å²) in [5, 5.41) is 2.25. The maximum absolute atomic E-state index is 13.6. The smallest absolute Gasteiger partial charge is 0.259 e. The minimum atomic E-state index is -4.04. The van der Waals surface area contributed by atoms with Gasteiger partial charge in [0.05, 0.1) is 9.79 Å². The molecule has 1 heterocycles. The summed E-state index contributed by atoms with van der Waals surface area (Å²) in [5.41, 5.74) is 0.899. The number of sulfonamides is 2. The summed E-state index contributed by atoms with van der Waals surface area (Å²) in [6, 6.07) is 17.4. The van der Waals surface area contributed by atoms with Gasteiger partial charge in [-0.25, -0.2) is 16.8 Å². The zero-order chi connectivity index (χ0) is 25.5. The first-order valence-corrected chi connectivity index (χ1v) is 14.3. The zero-order valence-electron chi connectivity index (χ0n) is 19.6. The molecule has 0 bridgehead atoms. The lowest BCUT2D eigenvalue weighted by Crippen LogP contribution is -2.52. The third-order valence-electron chi connectivity index (χ3n) is 6.25. The summed E-state index contributed by atoms with van der Waals surface area (Å²) in [6.07, 6.45) is 0.164. The van der Waals surface area contributed by atoms with Gasteiger partial charge in [-0.15, -0.1) is 4.41 Å². The fraction of sp³-hybridized carbons (Fsp3) is 0.292. The lowest BCUT2D eigenvalue weighted by Gasteiger charge is -2.32. The molecule has 1 amide bonds. The van der Waals surface area contributed by atoms with E-state index in [2.05, 4.69) is 12.6 Å². The molecule has 11 heteroatoms. The van der Waals surface area contributed by atoms with E-state index in [1.807, 2.05) is 31.2 Å². The van der Waals surface area contributed by atoms with E-state index in [-0.39, 0.29) is 28.0 Å². The first-order chi connectivity index (χ1) is 16.4. The number of hydrazine groups is 1. The number of rotatable bonds is 6. The summed E-state index contributed by atoms with van der Waals surface area (Å²) in [7, 11) is -5.47. The minimum Gasteiger partial charge on any atom is -0.272 e. The molecule has 1 saturated heterocycles. The molecule has 3 aromatic carbocycles. The third-order valence-corrected chi connectivity index (χ3v) is 10.3. The fourth-order valence-corrected chi connectivity index (χ4v) is 7.46. The molecule has 1 aliphatic rings. The van der Waals surface area contributed by atoms with Crippen LogP contribution in [0, 0.1) is 6.92 Å². The van der Waals surface area contributed by atoms with Gasteiger partial charge in [-0.05, 0) is 48.4 Å². The first-order valence-electron chi connectivity index (χ1n) is 10.9. The van der Waals surface area contributed by atoms with Crippen molar-refractivity contribution in [1.82, 2.24) is 13.7 Å². The van der Waals surface area contributed by atoms with Crippen molar-refractivity contribution >= 4 is 49.4 Å². The SMILES string of the molecule is Cc1ccc(S(=O)(=O)N(C)N(C)C(=O)[C@@H]2C[C@@H](S)CN2S(=O)(=O)c2ccc3ccccc3c2)cc1. The molecule has 35 heavy (non-hydrogen) atoms. The number of hydrogen-bond donors (Lipinski definition) is 1. The zero-order valence-corrected chi connectivity index (χ0v) is 22.1. The van der Waals surface area contributed by atoms with Gasteiger partial charge in [0, 0.05) is 25.9 Å². The monoisotopic (exact) mass is 533 g/mol. The van der Waals surface area contributed by atoms with Crippen molar-refractivity contribution in [3.8, 4) is 0 Å². The standard InChI is InChI=1S/C24H27N3O5S3/c1-17-8-11-21(12-9-17)34(29,30)26(3)25(2)24(28)23-15-20(33)16-27(23)35(31,32)22-13-10-18-6-4-5-7-19(18)14-22/h4-14,20,23,33H,15-16H2,1-3H3/t20-,23+/m1/s1. The largest absolute Gasteiger partial charge is 0.272 e. The van der Waals surface area contributed by atoms with E-state index in [1.165, 1.54) is 32.3 Å². The van der Waals surface area contributed by atoms with E-state index in [1.54, 1.807) is 24.3 Å². The minimum absolute atomic E-state index is 0.0318. The van der Waals surface area contributed by atoms with Gasteiger partial charge in [-0.1, -0.05) is 48.0 Å². The number of carbonyl (C=O) groups excluding carboxylic acids is 1. The molecule has 1 aliphatic heterocycles. The van der Waals surface area contributed by atoms with E-state index >= 15 is 0 Å². The predicted molar refractivity (Wildman–Crippen MR) is 138 cm³/mol. The summed E-state index contributed by atoms with van der Waals surface area (Å²) in [4.78, 5) is 13.5. The molecule has 0 spiro atoms. The maximum Gasteiger partial charge on any atom is 0.259 e. The predicted octanol–water partition coefficient (Wildman–Crippen LogP) is 2.90. The molecule has 186 valence electrons.